The molecule has 1 aliphatic heterocycles. The van der Waals surface area contributed by atoms with E-state index in [4.69, 9.17) is 9.47 Å². The number of para-hydroxylation sites is 1. The van der Waals surface area contributed by atoms with E-state index in [0.29, 0.717) is 12.2 Å². The largest absolute Gasteiger partial charge is 0.496 e. The predicted octanol–water partition coefficient (Wildman–Crippen LogP) is 2.09. The SMILES string of the molecule is COc1ccccc1CCC(=O)OC(C)C(=O)N1CCN(S(=O)(=O)c2ccccc2)CC1. The van der Waals surface area contributed by atoms with Crippen molar-refractivity contribution >= 4 is 21.9 Å². The van der Waals surface area contributed by atoms with E-state index in [9.17, 15) is 18.0 Å². The maximum Gasteiger partial charge on any atom is 0.306 e. The van der Waals surface area contributed by atoms with Gasteiger partial charge in [0.25, 0.3) is 5.91 Å². The van der Waals surface area contributed by atoms with Crippen molar-refractivity contribution in [1.29, 1.82) is 0 Å². The number of piperazine rings is 1. The average molecular weight is 461 g/mol. The number of esters is 1. The highest BCUT2D eigenvalue weighted by atomic mass is 32.2. The third kappa shape index (κ3) is 5.66. The van der Waals surface area contributed by atoms with Crippen LogP contribution < -0.4 is 4.74 Å². The van der Waals surface area contributed by atoms with Gasteiger partial charge in [-0.15, -0.1) is 0 Å². The second-order valence-electron chi connectivity index (χ2n) is 7.49. The zero-order valence-electron chi connectivity index (χ0n) is 18.3. The predicted molar refractivity (Wildman–Crippen MR) is 119 cm³/mol. The molecule has 1 atom stereocenters. The first-order chi connectivity index (χ1) is 15.3. The lowest BCUT2D eigenvalue weighted by atomic mass is 10.1. The molecule has 8 nitrogen and oxygen atoms in total. The first kappa shape index (κ1) is 23.7. The van der Waals surface area contributed by atoms with Crippen LogP contribution in [0.5, 0.6) is 5.75 Å². The van der Waals surface area contributed by atoms with Crippen LogP contribution in [0.25, 0.3) is 0 Å². The molecule has 172 valence electrons. The topological polar surface area (TPSA) is 93.2 Å². The molecule has 0 N–H and O–H groups in total. The summed E-state index contributed by atoms with van der Waals surface area (Å²) in [6, 6.07) is 15.6. The third-order valence-electron chi connectivity index (χ3n) is 5.38. The number of hydrogen-bond donors (Lipinski definition) is 0. The molecule has 0 bridgehead atoms. The molecule has 1 unspecified atom stereocenters. The average Bonchev–Trinajstić information content (AvgIpc) is 2.83. The summed E-state index contributed by atoms with van der Waals surface area (Å²) in [5, 5.41) is 0. The molecule has 1 aliphatic rings. The van der Waals surface area contributed by atoms with Crippen molar-refractivity contribution in [2.45, 2.75) is 30.8 Å². The number of carbonyl (C=O) groups is 2. The fraction of sp³-hybridized carbons (Fsp3) is 0.391. The molecule has 0 spiro atoms. The lowest BCUT2D eigenvalue weighted by molar-refractivity contribution is -0.159. The van der Waals surface area contributed by atoms with Crippen molar-refractivity contribution in [2.75, 3.05) is 33.3 Å². The Hall–Kier alpha value is -2.91. The first-order valence-electron chi connectivity index (χ1n) is 10.5. The van der Waals surface area contributed by atoms with Gasteiger partial charge in [0.2, 0.25) is 10.0 Å². The van der Waals surface area contributed by atoms with Crippen LogP contribution in [0.1, 0.15) is 18.9 Å². The molecule has 0 aromatic heterocycles. The van der Waals surface area contributed by atoms with E-state index in [1.807, 2.05) is 24.3 Å². The van der Waals surface area contributed by atoms with Gasteiger partial charge in [-0.25, -0.2) is 8.42 Å². The molecular weight excluding hydrogens is 432 g/mol. The number of methoxy groups -OCH3 is 1. The summed E-state index contributed by atoms with van der Waals surface area (Å²) >= 11 is 0. The highest BCUT2D eigenvalue weighted by Crippen LogP contribution is 2.20. The van der Waals surface area contributed by atoms with Crippen molar-refractivity contribution in [3.8, 4) is 5.75 Å². The van der Waals surface area contributed by atoms with E-state index >= 15 is 0 Å². The van der Waals surface area contributed by atoms with Gasteiger partial charge < -0.3 is 14.4 Å². The van der Waals surface area contributed by atoms with Crippen LogP contribution in [0.4, 0.5) is 0 Å². The lowest BCUT2D eigenvalue weighted by Crippen LogP contribution is -2.52. The van der Waals surface area contributed by atoms with E-state index < -0.39 is 22.1 Å². The summed E-state index contributed by atoms with van der Waals surface area (Å²) < 4.78 is 37.4. The minimum Gasteiger partial charge on any atom is -0.496 e. The Morgan fingerprint density at radius 2 is 1.59 bits per heavy atom. The summed E-state index contributed by atoms with van der Waals surface area (Å²) in [5.74, 6) is -0.0952. The van der Waals surface area contributed by atoms with Crippen LogP contribution in [-0.2, 0) is 30.8 Å². The zero-order valence-corrected chi connectivity index (χ0v) is 19.1. The Balaban J connectivity index is 1.49. The van der Waals surface area contributed by atoms with Gasteiger partial charge in [-0.3, -0.25) is 9.59 Å². The molecule has 2 aromatic carbocycles. The number of rotatable bonds is 8. The van der Waals surface area contributed by atoms with E-state index in [1.165, 1.54) is 16.1 Å². The van der Waals surface area contributed by atoms with Gasteiger partial charge in [-0.05, 0) is 37.1 Å². The Labute approximate surface area is 188 Å². The molecule has 3 rings (SSSR count). The molecule has 1 heterocycles. The molecule has 0 saturated carbocycles. The smallest absolute Gasteiger partial charge is 0.306 e. The van der Waals surface area contributed by atoms with Crippen molar-refractivity contribution in [3.63, 3.8) is 0 Å². The number of benzene rings is 2. The molecule has 2 aromatic rings. The van der Waals surface area contributed by atoms with Gasteiger partial charge in [-0.2, -0.15) is 4.31 Å². The van der Waals surface area contributed by atoms with Crippen LogP contribution >= 0.6 is 0 Å². The number of nitrogens with zero attached hydrogens (tertiary/aromatic N) is 2. The van der Waals surface area contributed by atoms with Crippen LogP contribution in [0.3, 0.4) is 0 Å². The Morgan fingerprint density at radius 1 is 0.969 bits per heavy atom. The van der Waals surface area contributed by atoms with Gasteiger partial charge in [0.15, 0.2) is 6.10 Å². The monoisotopic (exact) mass is 460 g/mol. The maximum atomic E-state index is 12.7. The fourth-order valence-electron chi connectivity index (χ4n) is 3.60. The molecule has 1 amide bonds. The van der Waals surface area contributed by atoms with Gasteiger partial charge in [0.05, 0.1) is 12.0 Å². The second-order valence-corrected chi connectivity index (χ2v) is 9.42. The minimum absolute atomic E-state index is 0.126. The number of ether oxygens (including phenoxy) is 2. The molecular formula is C23H28N2O6S. The Morgan fingerprint density at radius 3 is 2.25 bits per heavy atom. The van der Waals surface area contributed by atoms with E-state index in [2.05, 4.69) is 0 Å². The van der Waals surface area contributed by atoms with E-state index in [-0.39, 0.29) is 43.4 Å². The lowest BCUT2D eigenvalue weighted by Gasteiger charge is -2.35. The van der Waals surface area contributed by atoms with Gasteiger partial charge in [0, 0.05) is 32.6 Å². The van der Waals surface area contributed by atoms with Crippen LogP contribution in [0, 0.1) is 0 Å². The van der Waals surface area contributed by atoms with Crippen molar-refractivity contribution in [2.24, 2.45) is 0 Å². The van der Waals surface area contributed by atoms with E-state index in [1.54, 1.807) is 37.4 Å². The first-order valence-corrected chi connectivity index (χ1v) is 11.9. The van der Waals surface area contributed by atoms with Gasteiger partial charge >= 0.3 is 5.97 Å². The maximum absolute atomic E-state index is 12.7. The number of sulfonamides is 1. The Bertz CT molecular complexity index is 1030. The van der Waals surface area contributed by atoms with Crippen molar-refractivity contribution < 1.29 is 27.5 Å². The highest BCUT2D eigenvalue weighted by molar-refractivity contribution is 7.89. The fourth-order valence-corrected chi connectivity index (χ4v) is 5.04. The van der Waals surface area contributed by atoms with Crippen LogP contribution in [0.15, 0.2) is 59.5 Å². The number of carbonyl (C=O) groups excluding carboxylic acids is 2. The van der Waals surface area contributed by atoms with Crippen LogP contribution in [0.2, 0.25) is 0 Å². The number of hydrogen-bond acceptors (Lipinski definition) is 6. The molecule has 0 radical (unpaired) electrons. The summed E-state index contributed by atoms with van der Waals surface area (Å²) in [6.07, 6.45) is -0.363. The second kappa shape index (κ2) is 10.6. The minimum atomic E-state index is -3.59. The molecule has 0 aliphatic carbocycles. The van der Waals surface area contributed by atoms with Crippen molar-refractivity contribution in [3.05, 3.63) is 60.2 Å². The molecule has 32 heavy (non-hydrogen) atoms. The summed E-state index contributed by atoms with van der Waals surface area (Å²) in [6.45, 7) is 2.41. The highest BCUT2D eigenvalue weighted by Gasteiger charge is 2.32. The molecule has 1 saturated heterocycles. The summed E-state index contributed by atoms with van der Waals surface area (Å²) in [4.78, 5) is 26.7. The zero-order chi connectivity index (χ0) is 23.1. The number of amides is 1. The quantitative estimate of drug-likeness (QED) is 0.560. The van der Waals surface area contributed by atoms with Crippen LogP contribution in [-0.4, -0.2) is 68.9 Å². The van der Waals surface area contributed by atoms with E-state index in [0.717, 1.165) is 5.56 Å². The standard InChI is InChI=1S/C23H28N2O6S/c1-18(31-22(26)13-12-19-8-6-7-11-21(19)30-2)23(27)24-14-16-25(17-15-24)32(28,29)20-9-4-3-5-10-20/h3-11,18H,12-17H2,1-2H3. The third-order valence-corrected chi connectivity index (χ3v) is 7.29. The van der Waals surface area contributed by atoms with Gasteiger partial charge in [-0.1, -0.05) is 36.4 Å². The van der Waals surface area contributed by atoms with Crippen molar-refractivity contribution in [1.82, 2.24) is 9.21 Å². The Kier molecular flexibility index (Phi) is 7.87. The van der Waals surface area contributed by atoms with Gasteiger partial charge in [0.1, 0.15) is 5.75 Å². The summed E-state index contributed by atoms with van der Waals surface area (Å²) in [7, 11) is -2.02. The molecule has 9 heteroatoms. The summed E-state index contributed by atoms with van der Waals surface area (Å²) in [5.41, 5.74) is 0.890. The normalized spacial score (nSPS) is 15.8. The molecule has 1 fully saturated rings. The number of aryl methyl sites for hydroxylation is 1.